The zero-order chi connectivity index (χ0) is 12.6. The van der Waals surface area contributed by atoms with E-state index in [0.717, 1.165) is 18.4 Å². The zero-order valence-corrected chi connectivity index (χ0v) is 12.0. The Bertz CT molecular complexity index is 227. The van der Waals surface area contributed by atoms with E-state index in [-0.39, 0.29) is 11.0 Å². The summed E-state index contributed by atoms with van der Waals surface area (Å²) in [7, 11) is 0. The van der Waals surface area contributed by atoms with Crippen LogP contribution in [0.2, 0.25) is 0 Å². The molecule has 1 aliphatic rings. The average Bonchev–Trinajstić information content (AvgIpc) is 2.09. The molecule has 0 saturated carbocycles. The van der Waals surface area contributed by atoms with Gasteiger partial charge in [-0.3, -0.25) is 0 Å². The minimum absolute atomic E-state index is 0.112. The molecule has 1 saturated heterocycles. The lowest BCUT2D eigenvalue weighted by Gasteiger charge is -2.45. The lowest BCUT2D eigenvalue weighted by atomic mass is 9.74. The van der Waals surface area contributed by atoms with Crippen molar-refractivity contribution in [3.63, 3.8) is 0 Å². The minimum atomic E-state index is -0.112. The maximum atomic E-state index is 6.27. The van der Waals surface area contributed by atoms with Crippen LogP contribution in [0.4, 0.5) is 0 Å². The van der Waals surface area contributed by atoms with Crippen LogP contribution in [0.15, 0.2) is 0 Å². The van der Waals surface area contributed by atoms with Crippen molar-refractivity contribution < 1.29 is 0 Å². The summed E-state index contributed by atoms with van der Waals surface area (Å²) in [6, 6.07) is 0. The van der Waals surface area contributed by atoms with E-state index in [1.807, 2.05) is 0 Å². The molecular formula is C14H30N2. The number of rotatable bonds is 3. The molecule has 0 spiro atoms. The molecule has 1 fully saturated rings. The molecule has 0 aromatic heterocycles. The number of likely N-dealkylation sites (tertiary alicyclic amines) is 1. The summed E-state index contributed by atoms with van der Waals surface area (Å²) in [5, 5.41) is 0. The third-order valence-corrected chi connectivity index (χ3v) is 4.78. The van der Waals surface area contributed by atoms with Crippen molar-refractivity contribution in [3.05, 3.63) is 0 Å². The first kappa shape index (κ1) is 14.0. The van der Waals surface area contributed by atoms with Crippen molar-refractivity contribution in [2.75, 3.05) is 19.6 Å². The molecular weight excluding hydrogens is 196 g/mol. The van der Waals surface area contributed by atoms with Crippen LogP contribution in [-0.4, -0.2) is 30.1 Å². The highest BCUT2D eigenvalue weighted by Gasteiger charge is 2.36. The van der Waals surface area contributed by atoms with Gasteiger partial charge in [0, 0.05) is 18.6 Å². The van der Waals surface area contributed by atoms with Crippen LogP contribution in [-0.2, 0) is 0 Å². The van der Waals surface area contributed by atoms with Gasteiger partial charge >= 0.3 is 0 Å². The number of hydrogen-bond acceptors (Lipinski definition) is 2. The molecule has 0 bridgehead atoms. The lowest BCUT2D eigenvalue weighted by Crippen LogP contribution is -2.54. The van der Waals surface area contributed by atoms with Gasteiger partial charge in [0.2, 0.25) is 0 Å². The van der Waals surface area contributed by atoms with Gasteiger partial charge in [0.05, 0.1) is 0 Å². The molecule has 0 amide bonds. The summed E-state index contributed by atoms with van der Waals surface area (Å²) in [4.78, 5) is 2.60. The van der Waals surface area contributed by atoms with Crippen LogP contribution in [0.25, 0.3) is 0 Å². The van der Waals surface area contributed by atoms with Crippen molar-refractivity contribution in [3.8, 4) is 0 Å². The molecule has 2 heteroatoms. The highest BCUT2D eigenvalue weighted by Crippen LogP contribution is 2.31. The molecule has 0 radical (unpaired) electrons. The highest BCUT2D eigenvalue weighted by molar-refractivity contribution is 4.93. The minimum Gasteiger partial charge on any atom is -0.325 e. The summed E-state index contributed by atoms with van der Waals surface area (Å²) >= 11 is 0. The first-order chi connectivity index (χ1) is 7.13. The van der Waals surface area contributed by atoms with Crippen LogP contribution in [0.5, 0.6) is 0 Å². The molecule has 2 nitrogen and oxygen atoms in total. The molecule has 2 unspecified atom stereocenters. The van der Waals surface area contributed by atoms with Crippen LogP contribution in [0.1, 0.15) is 48.0 Å². The molecule has 0 aromatic rings. The van der Waals surface area contributed by atoms with E-state index in [1.165, 1.54) is 19.5 Å². The van der Waals surface area contributed by atoms with Crippen LogP contribution in [0, 0.1) is 17.3 Å². The van der Waals surface area contributed by atoms with Crippen LogP contribution < -0.4 is 5.73 Å². The fourth-order valence-corrected chi connectivity index (χ4v) is 2.26. The van der Waals surface area contributed by atoms with Gasteiger partial charge in [0.1, 0.15) is 0 Å². The first-order valence-corrected chi connectivity index (χ1v) is 6.65. The Labute approximate surface area is 102 Å². The normalized spacial score (nSPS) is 29.4. The van der Waals surface area contributed by atoms with E-state index in [4.69, 9.17) is 5.73 Å². The molecule has 0 aliphatic carbocycles. The predicted molar refractivity (Wildman–Crippen MR) is 71.4 cm³/mol. The van der Waals surface area contributed by atoms with Crippen LogP contribution >= 0.6 is 0 Å². The van der Waals surface area contributed by atoms with E-state index >= 15 is 0 Å². The lowest BCUT2D eigenvalue weighted by molar-refractivity contribution is 0.0655. The summed E-state index contributed by atoms with van der Waals surface area (Å²) < 4.78 is 0. The van der Waals surface area contributed by atoms with Gasteiger partial charge in [0.25, 0.3) is 0 Å². The van der Waals surface area contributed by atoms with E-state index in [0.29, 0.717) is 0 Å². The number of piperidine rings is 1. The van der Waals surface area contributed by atoms with Crippen LogP contribution in [0.3, 0.4) is 0 Å². The second kappa shape index (κ2) is 4.66. The molecule has 96 valence electrons. The van der Waals surface area contributed by atoms with E-state index in [1.54, 1.807) is 0 Å². The van der Waals surface area contributed by atoms with Crippen molar-refractivity contribution in [2.45, 2.75) is 53.5 Å². The van der Waals surface area contributed by atoms with Crippen molar-refractivity contribution >= 4 is 0 Å². The van der Waals surface area contributed by atoms with E-state index in [2.05, 4.69) is 46.4 Å². The SMILES string of the molecule is CC1CCN(CC(C)(C)C(C)(C)N)CC1C. The van der Waals surface area contributed by atoms with Gasteiger partial charge in [-0.15, -0.1) is 0 Å². The van der Waals surface area contributed by atoms with Gasteiger partial charge < -0.3 is 10.6 Å². The Hall–Kier alpha value is -0.0800. The first-order valence-electron chi connectivity index (χ1n) is 6.65. The molecule has 2 atom stereocenters. The second-order valence-electron chi connectivity index (χ2n) is 7.08. The number of nitrogens with zero attached hydrogens (tertiary/aromatic N) is 1. The standard InChI is InChI=1S/C14H30N2/c1-11-7-8-16(9-12(11)2)10-13(3,4)14(5,6)15/h11-12H,7-10,15H2,1-6H3. The Morgan fingerprint density at radius 3 is 2.12 bits per heavy atom. The fourth-order valence-electron chi connectivity index (χ4n) is 2.26. The molecule has 1 aliphatic heterocycles. The van der Waals surface area contributed by atoms with Gasteiger partial charge in [0.15, 0.2) is 0 Å². The molecule has 0 aromatic carbocycles. The maximum absolute atomic E-state index is 6.27. The molecule has 16 heavy (non-hydrogen) atoms. The topological polar surface area (TPSA) is 29.3 Å². The van der Waals surface area contributed by atoms with Gasteiger partial charge in [-0.1, -0.05) is 27.7 Å². The summed E-state index contributed by atoms with van der Waals surface area (Å²) in [5.41, 5.74) is 6.33. The third kappa shape index (κ3) is 3.21. The van der Waals surface area contributed by atoms with Crippen molar-refractivity contribution in [2.24, 2.45) is 23.0 Å². The fraction of sp³-hybridized carbons (Fsp3) is 1.00. The molecule has 2 N–H and O–H groups in total. The van der Waals surface area contributed by atoms with Crippen molar-refractivity contribution in [1.82, 2.24) is 4.90 Å². The van der Waals surface area contributed by atoms with Gasteiger partial charge in [-0.25, -0.2) is 0 Å². The van der Waals surface area contributed by atoms with Gasteiger partial charge in [-0.05, 0) is 44.1 Å². The van der Waals surface area contributed by atoms with E-state index in [9.17, 15) is 0 Å². The number of nitrogens with two attached hydrogens (primary N) is 1. The average molecular weight is 226 g/mol. The Morgan fingerprint density at radius 1 is 1.12 bits per heavy atom. The maximum Gasteiger partial charge on any atom is 0.0161 e. The summed E-state index contributed by atoms with van der Waals surface area (Å²) in [6.07, 6.45) is 1.34. The quantitative estimate of drug-likeness (QED) is 0.802. The Balaban J connectivity index is 2.55. The number of hydrogen-bond donors (Lipinski definition) is 1. The molecule has 1 heterocycles. The Kier molecular flexibility index (Phi) is 4.07. The Morgan fingerprint density at radius 2 is 1.69 bits per heavy atom. The monoisotopic (exact) mass is 226 g/mol. The summed E-state index contributed by atoms with van der Waals surface area (Å²) in [6.45, 7) is 17.2. The van der Waals surface area contributed by atoms with E-state index < -0.39 is 0 Å². The second-order valence-corrected chi connectivity index (χ2v) is 7.08. The molecule has 1 rings (SSSR count). The largest absolute Gasteiger partial charge is 0.325 e. The van der Waals surface area contributed by atoms with Crippen molar-refractivity contribution in [1.29, 1.82) is 0 Å². The highest BCUT2D eigenvalue weighted by atomic mass is 15.1. The predicted octanol–water partition coefficient (Wildman–Crippen LogP) is 2.73. The third-order valence-electron chi connectivity index (χ3n) is 4.78. The summed E-state index contributed by atoms with van der Waals surface area (Å²) in [5.74, 6) is 1.70. The smallest absolute Gasteiger partial charge is 0.0161 e. The van der Waals surface area contributed by atoms with Gasteiger partial charge in [-0.2, -0.15) is 0 Å². The zero-order valence-electron chi connectivity index (χ0n) is 12.0.